The molecule has 136 valence electrons. The van der Waals surface area contributed by atoms with Crippen molar-refractivity contribution in [2.75, 3.05) is 6.61 Å². The number of halogens is 3. The average Bonchev–Trinajstić information content (AvgIpc) is 3.05. The third kappa shape index (κ3) is 4.08. The molecule has 0 aliphatic heterocycles. The maximum absolute atomic E-state index is 12.7. The summed E-state index contributed by atoms with van der Waals surface area (Å²) in [6, 6.07) is 10.9. The lowest BCUT2D eigenvalue weighted by Crippen LogP contribution is -2.06. The van der Waals surface area contributed by atoms with Gasteiger partial charge in [0.15, 0.2) is 0 Å². The van der Waals surface area contributed by atoms with E-state index in [1.165, 1.54) is 16.9 Å². The molecule has 0 saturated heterocycles. The van der Waals surface area contributed by atoms with Crippen molar-refractivity contribution in [1.29, 1.82) is 0 Å². The zero-order valence-electron chi connectivity index (χ0n) is 14.0. The standard InChI is InChI=1S/C18H17F3N4O/c1-12-2-5-14(11-13-3-6-15(7-4-13)18(19,20)21)16(10-12)17-22-24-25(23-17)8-9-26/h2-7,10,26H,8-9,11H2,1H3. The minimum absolute atomic E-state index is 0.0952. The normalized spacial score (nSPS) is 11.7. The summed E-state index contributed by atoms with van der Waals surface area (Å²) >= 11 is 0. The number of aliphatic hydroxyl groups excluding tert-OH is 1. The molecule has 0 bridgehead atoms. The Morgan fingerprint density at radius 3 is 2.46 bits per heavy atom. The van der Waals surface area contributed by atoms with Gasteiger partial charge in [-0.2, -0.15) is 18.0 Å². The number of aromatic nitrogens is 4. The molecule has 1 aromatic heterocycles. The molecule has 0 atom stereocenters. The molecular weight excluding hydrogens is 345 g/mol. The van der Waals surface area contributed by atoms with E-state index >= 15 is 0 Å². The highest BCUT2D eigenvalue weighted by atomic mass is 19.4. The number of alkyl halides is 3. The van der Waals surface area contributed by atoms with Gasteiger partial charge in [-0.15, -0.1) is 10.2 Å². The van der Waals surface area contributed by atoms with E-state index in [0.717, 1.165) is 34.4 Å². The molecule has 0 aliphatic rings. The zero-order chi connectivity index (χ0) is 18.7. The summed E-state index contributed by atoms with van der Waals surface area (Å²) in [5.41, 5.74) is 2.76. The van der Waals surface area contributed by atoms with Gasteiger partial charge in [0, 0.05) is 5.56 Å². The summed E-state index contributed by atoms with van der Waals surface area (Å²) in [7, 11) is 0. The van der Waals surface area contributed by atoms with Gasteiger partial charge in [0.1, 0.15) is 0 Å². The molecule has 1 heterocycles. The molecule has 2 aromatic carbocycles. The van der Waals surface area contributed by atoms with E-state index in [0.29, 0.717) is 12.2 Å². The molecule has 3 aromatic rings. The first-order chi connectivity index (χ1) is 12.4. The minimum Gasteiger partial charge on any atom is -0.394 e. The van der Waals surface area contributed by atoms with Crippen molar-refractivity contribution in [3.8, 4) is 11.4 Å². The van der Waals surface area contributed by atoms with Crippen LogP contribution in [0.2, 0.25) is 0 Å². The molecule has 3 rings (SSSR count). The van der Waals surface area contributed by atoms with Crippen LogP contribution in [0.4, 0.5) is 13.2 Å². The summed E-state index contributed by atoms with van der Waals surface area (Å²) in [5, 5.41) is 21.1. The highest BCUT2D eigenvalue weighted by Gasteiger charge is 2.29. The Kier molecular flexibility index (Phi) is 5.03. The second-order valence-electron chi connectivity index (χ2n) is 5.96. The van der Waals surface area contributed by atoms with E-state index in [-0.39, 0.29) is 13.2 Å². The van der Waals surface area contributed by atoms with E-state index < -0.39 is 11.7 Å². The number of aryl methyl sites for hydroxylation is 1. The van der Waals surface area contributed by atoms with Crippen LogP contribution in [0.15, 0.2) is 42.5 Å². The van der Waals surface area contributed by atoms with Gasteiger partial charge in [-0.3, -0.25) is 0 Å². The largest absolute Gasteiger partial charge is 0.416 e. The summed E-state index contributed by atoms with van der Waals surface area (Å²) in [6.07, 6.45) is -3.90. The van der Waals surface area contributed by atoms with Gasteiger partial charge < -0.3 is 5.11 Å². The molecule has 0 saturated carbocycles. The third-order valence-electron chi connectivity index (χ3n) is 3.93. The number of nitrogens with zero attached hydrogens (tertiary/aromatic N) is 4. The molecule has 26 heavy (non-hydrogen) atoms. The lowest BCUT2D eigenvalue weighted by atomic mass is 9.97. The van der Waals surface area contributed by atoms with Crippen molar-refractivity contribution < 1.29 is 18.3 Å². The van der Waals surface area contributed by atoms with Crippen LogP contribution >= 0.6 is 0 Å². The number of hydrogen-bond donors (Lipinski definition) is 1. The van der Waals surface area contributed by atoms with Crippen LogP contribution in [-0.2, 0) is 19.1 Å². The molecule has 0 fully saturated rings. The topological polar surface area (TPSA) is 63.8 Å². The Bertz CT molecular complexity index is 888. The van der Waals surface area contributed by atoms with E-state index in [2.05, 4.69) is 15.4 Å². The smallest absolute Gasteiger partial charge is 0.394 e. The fraction of sp³-hybridized carbons (Fsp3) is 0.278. The molecule has 5 nitrogen and oxygen atoms in total. The van der Waals surface area contributed by atoms with Crippen LogP contribution in [0.25, 0.3) is 11.4 Å². The lowest BCUT2D eigenvalue weighted by Gasteiger charge is -2.10. The number of hydrogen-bond acceptors (Lipinski definition) is 4. The van der Waals surface area contributed by atoms with Gasteiger partial charge in [0.05, 0.1) is 18.7 Å². The maximum atomic E-state index is 12.7. The molecule has 0 radical (unpaired) electrons. The predicted octanol–water partition coefficient (Wildman–Crippen LogP) is 3.25. The van der Waals surface area contributed by atoms with E-state index in [9.17, 15) is 13.2 Å². The first-order valence-corrected chi connectivity index (χ1v) is 8.01. The van der Waals surface area contributed by atoms with Crippen molar-refractivity contribution in [2.45, 2.75) is 26.1 Å². The Hall–Kier alpha value is -2.74. The van der Waals surface area contributed by atoms with Gasteiger partial charge >= 0.3 is 6.18 Å². The van der Waals surface area contributed by atoms with Crippen LogP contribution in [0.3, 0.4) is 0 Å². The van der Waals surface area contributed by atoms with Gasteiger partial charge in [-0.25, -0.2) is 0 Å². The number of tetrazole rings is 1. The molecule has 0 unspecified atom stereocenters. The van der Waals surface area contributed by atoms with Crippen molar-refractivity contribution in [3.05, 3.63) is 64.7 Å². The van der Waals surface area contributed by atoms with Gasteiger partial charge in [0.2, 0.25) is 5.82 Å². The van der Waals surface area contributed by atoms with Crippen LogP contribution in [-0.4, -0.2) is 31.9 Å². The number of benzene rings is 2. The molecule has 8 heteroatoms. The monoisotopic (exact) mass is 362 g/mol. The van der Waals surface area contributed by atoms with E-state index in [1.807, 2.05) is 25.1 Å². The zero-order valence-corrected chi connectivity index (χ0v) is 14.0. The third-order valence-corrected chi connectivity index (χ3v) is 3.93. The summed E-state index contributed by atoms with van der Waals surface area (Å²) in [5.74, 6) is 0.420. The van der Waals surface area contributed by atoms with Gasteiger partial charge in [0.25, 0.3) is 0 Å². The summed E-state index contributed by atoms with van der Waals surface area (Å²) in [4.78, 5) is 1.31. The highest BCUT2D eigenvalue weighted by Crippen LogP contribution is 2.30. The maximum Gasteiger partial charge on any atom is 0.416 e. The van der Waals surface area contributed by atoms with Crippen molar-refractivity contribution >= 4 is 0 Å². The number of rotatable bonds is 5. The molecule has 0 aliphatic carbocycles. The van der Waals surface area contributed by atoms with Crippen LogP contribution in [0, 0.1) is 6.92 Å². The molecule has 0 amide bonds. The van der Waals surface area contributed by atoms with Crippen LogP contribution in [0.1, 0.15) is 22.3 Å². The number of aliphatic hydroxyl groups is 1. The SMILES string of the molecule is Cc1ccc(Cc2ccc(C(F)(F)F)cc2)c(-c2nnn(CCO)n2)c1. The second-order valence-corrected chi connectivity index (χ2v) is 5.96. The van der Waals surface area contributed by atoms with Crippen molar-refractivity contribution in [1.82, 2.24) is 20.2 Å². The fourth-order valence-electron chi connectivity index (χ4n) is 2.62. The first kappa shape index (κ1) is 18.1. The lowest BCUT2D eigenvalue weighted by molar-refractivity contribution is -0.137. The summed E-state index contributed by atoms with van der Waals surface area (Å²) in [6.45, 7) is 2.08. The quantitative estimate of drug-likeness (QED) is 0.757. The fourth-order valence-corrected chi connectivity index (χ4v) is 2.62. The Morgan fingerprint density at radius 2 is 1.81 bits per heavy atom. The van der Waals surface area contributed by atoms with E-state index in [4.69, 9.17) is 5.11 Å². The minimum atomic E-state index is -4.34. The first-order valence-electron chi connectivity index (χ1n) is 8.01. The molecular formula is C18H17F3N4O. The highest BCUT2D eigenvalue weighted by molar-refractivity contribution is 5.61. The average molecular weight is 362 g/mol. The Morgan fingerprint density at radius 1 is 1.08 bits per heavy atom. The second kappa shape index (κ2) is 7.25. The van der Waals surface area contributed by atoms with Crippen molar-refractivity contribution in [2.24, 2.45) is 0 Å². The molecule has 1 N–H and O–H groups in total. The van der Waals surface area contributed by atoms with Gasteiger partial charge in [-0.05, 0) is 47.9 Å². The van der Waals surface area contributed by atoms with Gasteiger partial charge in [-0.1, -0.05) is 29.8 Å². The molecule has 0 spiro atoms. The van der Waals surface area contributed by atoms with Crippen LogP contribution in [0.5, 0.6) is 0 Å². The Balaban J connectivity index is 1.90. The summed E-state index contributed by atoms with van der Waals surface area (Å²) < 4.78 is 38.1. The van der Waals surface area contributed by atoms with Crippen LogP contribution < -0.4 is 0 Å². The van der Waals surface area contributed by atoms with E-state index in [1.54, 1.807) is 0 Å². The Labute approximate surface area is 148 Å². The van der Waals surface area contributed by atoms with Crippen molar-refractivity contribution in [3.63, 3.8) is 0 Å². The predicted molar refractivity (Wildman–Crippen MR) is 89.3 cm³/mol.